The molecule has 0 radical (unpaired) electrons. The second-order valence-electron chi connectivity index (χ2n) is 4.74. The van der Waals surface area contributed by atoms with Gasteiger partial charge in [0.15, 0.2) is 4.58 Å². The summed E-state index contributed by atoms with van der Waals surface area (Å²) in [5.74, 6) is 0.0334. The fraction of sp³-hybridized carbons (Fsp3) is 0.333. The van der Waals surface area contributed by atoms with E-state index in [1.165, 1.54) is 6.92 Å². The summed E-state index contributed by atoms with van der Waals surface area (Å²) in [5, 5.41) is 4.09. The molecule has 0 spiro atoms. The first-order valence-electron chi connectivity index (χ1n) is 6.46. The highest BCUT2D eigenvalue weighted by Gasteiger charge is 2.35. The Hall–Kier alpha value is -1.20. The zero-order valence-electron chi connectivity index (χ0n) is 12.4. The monoisotopic (exact) mass is 414 g/mol. The summed E-state index contributed by atoms with van der Waals surface area (Å²) in [6.45, 7) is 2.23. The summed E-state index contributed by atoms with van der Waals surface area (Å²) in [6.07, 6.45) is -1.17. The third-order valence-electron chi connectivity index (χ3n) is 2.96. The van der Waals surface area contributed by atoms with E-state index in [4.69, 9.17) is 31.0 Å². The largest absolute Gasteiger partial charge is 0.334 e. The highest BCUT2D eigenvalue weighted by atomic mass is 35.7. The van der Waals surface area contributed by atoms with E-state index in [0.29, 0.717) is 10.6 Å². The number of hydrogen-bond acceptors (Lipinski definition) is 8. The van der Waals surface area contributed by atoms with E-state index in [0.717, 1.165) is 6.92 Å². The van der Waals surface area contributed by atoms with Gasteiger partial charge >= 0.3 is 0 Å². The van der Waals surface area contributed by atoms with Gasteiger partial charge in [-0.3, -0.25) is 4.18 Å². The van der Waals surface area contributed by atoms with E-state index < -0.39 is 29.9 Å². The second kappa shape index (κ2) is 6.96. The lowest BCUT2D eigenvalue weighted by atomic mass is 10.2. The predicted molar refractivity (Wildman–Crippen MR) is 87.4 cm³/mol. The van der Waals surface area contributed by atoms with Crippen LogP contribution in [-0.2, 0) is 23.4 Å². The molecule has 2 aromatic rings. The van der Waals surface area contributed by atoms with Gasteiger partial charge in [0.2, 0.25) is 5.82 Å². The maximum Gasteiger partial charge on any atom is 0.286 e. The number of aromatic nitrogens is 2. The van der Waals surface area contributed by atoms with Crippen LogP contribution in [0.2, 0.25) is 5.02 Å². The number of nitrogens with zero attached hydrogens (tertiary/aromatic N) is 2. The molecular weight excluding hydrogens is 403 g/mol. The zero-order chi connectivity index (χ0) is 18.1. The molecule has 0 bridgehead atoms. The molecule has 2 atom stereocenters. The number of rotatable bonds is 6. The second-order valence-corrected chi connectivity index (χ2v) is 10.3. The Balaban J connectivity index is 2.21. The standard InChI is InChI=1S/C12H12Cl2N2O6S2/c1-7(22-24(19,20)8(2)23(14,17)18)11-15-12(21-16-11)9-4-3-5-10(13)6-9/h3-8H,1-2H3. The molecule has 2 rings (SSSR count). The van der Waals surface area contributed by atoms with Crippen molar-refractivity contribution in [2.24, 2.45) is 0 Å². The molecule has 0 saturated carbocycles. The third kappa shape index (κ3) is 4.45. The van der Waals surface area contributed by atoms with Gasteiger partial charge in [0.25, 0.3) is 25.1 Å². The number of hydrogen-bond donors (Lipinski definition) is 0. The van der Waals surface area contributed by atoms with Crippen molar-refractivity contribution in [3.63, 3.8) is 0 Å². The summed E-state index contributed by atoms with van der Waals surface area (Å²) < 4.78 is 54.0. The minimum absolute atomic E-state index is 0.0762. The van der Waals surface area contributed by atoms with Crippen molar-refractivity contribution in [1.82, 2.24) is 10.1 Å². The van der Waals surface area contributed by atoms with E-state index >= 15 is 0 Å². The summed E-state index contributed by atoms with van der Waals surface area (Å²) in [6, 6.07) is 6.60. The third-order valence-corrected chi connectivity index (χ3v) is 7.94. The van der Waals surface area contributed by atoms with Gasteiger partial charge < -0.3 is 4.52 Å². The molecule has 0 N–H and O–H groups in total. The van der Waals surface area contributed by atoms with E-state index in [1.807, 2.05) is 0 Å². The maximum absolute atomic E-state index is 11.9. The smallest absolute Gasteiger partial charge is 0.286 e. The van der Waals surface area contributed by atoms with Crippen molar-refractivity contribution in [3.8, 4) is 11.5 Å². The molecular formula is C12H12Cl2N2O6S2. The van der Waals surface area contributed by atoms with Gasteiger partial charge in [0, 0.05) is 21.3 Å². The maximum atomic E-state index is 11.9. The van der Waals surface area contributed by atoms with Crippen LogP contribution in [0, 0.1) is 0 Å². The van der Waals surface area contributed by atoms with Crippen molar-refractivity contribution < 1.29 is 25.5 Å². The molecule has 0 aliphatic heterocycles. The Morgan fingerprint density at radius 2 is 1.88 bits per heavy atom. The van der Waals surface area contributed by atoms with E-state index in [9.17, 15) is 16.8 Å². The van der Waals surface area contributed by atoms with Crippen molar-refractivity contribution in [1.29, 1.82) is 0 Å². The van der Waals surface area contributed by atoms with Crippen LogP contribution in [0.25, 0.3) is 11.5 Å². The molecule has 8 nitrogen and oxygen atoms in total. The van der Waals surface area contributed by atoms with Crippen LogP contribution in [0.4, 0.5) is 0 Å². The van der Waals surface area contributed by atoms with Gasteiger partial charge in [-0.2, -0.15) is 13.4 Å². The molecule has 2 unspecified atom stereocenters. The lowest BCUT2D eigenvalue weighted by molar-refractivity contribution is 0.217. The molecule has 0 aliphatic carbocycles. The van der Waals surface area contributed by atoms with Gasteiger partial charge in [-0.15, -0.1) is 0 Å². The van der Waals surface area contributed by atoms with Gasteiger partial charge in [-0.1, -0.05) is 22.8 Å². The topological polar surface area (TPSA) is 116 Å². The Morgan fingerprint density at radius 3 is 2.46 bits per heavy atom. The Morgan fingerprint density at radius 1 is 1.21 bits per heavy atom. The number of benzene rings is 1. The molecule has 1 aromatic heterocycles. The van der Waals surface area contributed by atoms with Crippen LogP contribution < -0.4 is 0 Å². The van der Waals surface area contributed by atoms with Gasteiger partial charge in [0.05, 0.1) is 0 Å². The molecule has 0 amide bonds. The van der Waals surface area contributed by atoms with Crippen molar-refractivity contribution >= 4 is 41.5 Å². The summed E-state index contributed by atoms with van der Waals surface area (Å²) in [4.78, 5) is 4.02. The molecule has 1 heterocycles. The molecule has 132 valence electrons. The first-order chi connectivity index (χ1) is 11.0. The van der Waals surface area contributed by atoms with E-state index in [-0.39, 0.29) is 11.7 Å². The molecule has 1 aromatic carbocycles. The quantitative estimate of drug-likeness (QED) is 0.522. The first kappa shape index (κ1) is 19.1. The average molecular weight is 415 g/mol. The van der Waals surface area contributed by atoms with E-state index in [1.54, 1.807) is 24.3 Å². The average Bonchev–Trinajstić information content (AvgIpc) is 2.95. The Bertz CT molecular complexity index is 942. The van der Waals surface area contributed by atoms with Crippen LogP contribution in [0.1, 0.15) is 25.8 Å². The minimum atomic E-state index is -4.49. The van der Waals surface area contributed by atoms with Crippen molar-refractivity contribution in [3.05, 3.63) is 35.1 Å². The minimum Gasteiger partial charge on any atom is -0.334 e. The summed E-state index contributed by atoms with van der Waals surface area (Å²) in [7, 11) is -3.79. The normalized spacial score (nSPS) is 15.2. The summed E-state index contributed by atoms with van der Waals surface area (Å²) >= 11 is 5.87. The SMILES string of the molecule is CC(OS(=O)(=O)C(C)S(=O)(=O)Cl)c1noc(-c2cccc(Cl)c2)n1. The van der Waals surface area contributed by atoms with Crippen LogP contribution in [0.5, 0.6) is 0 Å². The predicted octanol–water partition coefficient (Wildman–Crippen LogP) is 2.71. The summed E-state index contributed by atoms with van der Waals surface area (Å²) in [5.41, 5.74) is 0.535. The Kier molecular flexibility index (Phi) is 5.55. The van der Waals surface area contributed by atoms with Crippen LogP contribution in [0.15, 0.2) is 28.8 Å². The lowest BCUT2D eigenvalue weighted by Gasteiger charge is -2.12. The van der Waals surface area contributed by atoms with Gasteiger partial charge in [0.1, 0.15) is 6.10 Å². The fourth-order valence-corrected chi connectivity index (χ4v) is 4.50. The van der Waals surface area contributed by atoms with Crippen LogP contribution in [-0.4, -0.2) is 31.6 Å². The molecule has 0 fully saturated rings. The van der Waals surface area contributed by atoms with Crippen LogP contribution >= 0.6 is 22.3 Å². The fourth-order valence-electron chi connectivity index (χ4n) is 1.60. The highest BCUT2D eigenvalue weighted by Crippen LogP contribution is 2.26. The molecule has 12 heteroatoms. The molecule has 0 saturated heterocycles. The Labute approximate surface area is 148 Å². The number of halogens is 2. The van der Waals surface area contributed by atoms with Gasteiger partial charge in [-0.05, 0) is 32.0 Å². The van der Waals surface area contributed by atoms with Crippen molar-refractivity contribution in [2.75, 3.05) is 0 Å². The first-order valence-corrected chi connectivity index (χ1v) is 10.7. The molecule has 24 heavy (non-hydrogen) atoms. The van der Waals surface area contributed by atoms with Crippen LogP contribution in [0.3, 0.4) is 0 Å². The highest BCUT2D eigenvalue weighted by molar-refractivity contribution is 8.21. The van der Waals surface area contributed by atoms with Gasteiger partial charge in [-0.25, -0.2) is 8.42 Å². The van der Waals surface area contributed by atoms with E-state index in [2.05, 4.69) is 10.1 Å². The lowest BCUT2D eigenvalue weighted by Crippen LogP contribution is -2.27. The zero-order valence-corrected chi connectivity index (χ0v) is 15.5. The van der Waals surface area contributed by atoms with Crippen molar-refractivity contribution in [2.45, 2.75) is 24.5 Å². The molecule has 0 aliphatic rings.